The lowest BCUT2D eigenvalue weighted by atomic mass is 9.93. The zero-order chi connectivity index (χ0) is 19.9. The minimum Gasteiger partial charge on any atom is -0.443 e. The number of aromatic nitrogens is 1. The first-order valence-electron chi connectivity index (χ1n) is 10.7. The molecule has 0 bridgehead atoms. The number of hydrogen-bond donors (Lipinski definition) is 1. The molecule has 154 valence electrons. The quantitative estimate of drug-likeness (QED) is 0.728. The topological polar surface area (TPSA) is 60.0 Å². The van der Waals surface area contributed by atoms with Crippen LogP contribution < -0.4 is 4.90 Å². The van der Waals surface area contributed by atoms with Crippen molar-refractivity contribution >= 4 is 5.91 Å². The summed E-state index contributed by atoms with van der Waals surface area (Å²) in [6.45, 7) is 6.07. The lowest BCUT2D eigenvalue weighted by molar-refractivity contribution is -0.907. The van der Waals surface area contributed by atoms with Crippen molar-refractivity contribution in [2.75, 3.05) is 45.9 Å². The van der Waals surface area contributed by atoms with Crippen LogP contribution in [-0.2, 0) is 4.74 Å². The number of hydrogen-bond acceptors (Lipinski definition) is 4. The summed E-state index contributed by atoms with van der Waals surface area (Å²) in [5.74, 6) is 1.04. The van der Waals surface area contributed by atoms with Gasteiger partial charge in [-0.25, -0.2) is 4.98 Å². The zero-order valence-electron chi connectivity index (χ0n) is 16.9. The van der Waals surface area contributed by atoms with Crippen LogP contribution in [0.1, 0.15) is 29.8 Å². The molecule has 1 aromatic heterocycles. The van der Waals surface area contributed by atoms with Gasteiger partial charge in [0.25, 0.3) is 5.91 Å². The molecule has 1 N–H and O–H groups in total. The minimum atomic E-state index is -0.0279. The number of morpholine rings is 1. The molecule has 1 atom stereocenters. The number of amides is 1. The number of allylic oxidation sites excluding steroid dienone is 2. The Morgan fingerprint density at radius 1 is 1.17 bits per heavy atom. The highest BCUT2D eigenvalue weighted by Crippen LogP contribution is 2.25. The molecule has 1 aliphatic heterocycles. The third kappa shape index (κ3) is 5.14. The van der Waals surface area contributed by atoms with E-state index in [0.29, 0.717) is 17.4 Å². The minimum absolute atomic E-state index is 0.0279. The largest absolute Gasteiger partial charge is 0.443 e. The van der Waals surface area contributed by atoms with Crippen molar-refractivity contribution in [1.29, 1.82) is 0 Å². The molecule has 2 aliphatic rings. The molecule has 1 fully saturated rings. The second-order valence-corrected chi connectivity index (χ2v) is 7.91. The summed E-state index contributed by atoms with van der Waals surface area (Å²) < 4.78 is 11.1. The Hall–Kier alpha value is -2.44. The van der Waals surface area contributed by atoms with E-state index < -0.39 is 0 Å². The smallest absolute Gasteiger partial charge is 0.276 e. The molecule has 6 heteroatoms. The zero-order valence-corrected chi connectivity index (χ0v) is 16.9. The van der Waals surface area contributed by atoms with Crippen LogP contribution in [0.5, 0.6) is 0 Å². The fourth-order valence-corrected chi connectivity index (χ4v) is 4.16. The first kappa shape index (κ1) is 19.9. The molecule has 1 aromatic carbocycles. The number of oxazole rings is 1. The van der Waals surface area contributed by atoms with Gasteiger partial charge in [0.1, 0.15) is 13.1 Å². The van der Waals surface area contributed by atoms with Crippen molar-refractivity contribution in [3.8, 4) is 11.3 Å². The fourth-order valence-electron chi connectivity index (χ4n) is 4.16. The molecule has 0 unspecified atom stereocenters. The number of carbonyl (C=O) groups excluding carboxylic acids is 1. The Labute approximate surface area is 172 Å². The Balaban J connectivity index is 1.50. The number of nitrogens with zero attached hydrogens (tertiary/aromatic N) is 2. The lowest BCUT2D eigenvalue weighted by Gasteiger charge is -2.30. The molecule has 2 aromatic rings. The second kappa shape index (κ2) is 9.85. The molecule has 0 spiro atoms. The van der Waals surface area contributed by atoms with Crippen LogP contribution in [0.3, 0.4) is 0 Å². The van der Waals surface area contributed by atoms with Crippen LogP contribution in [0, 0.1) is 5.92 Å². The number of quaternary nitrogens is 1. The first-order chi connectivity index (χ1) is 14.3. The standard InChI is InChI=1S/C23H29N3O3/c27-23(21-22(29-18-24-21)20-9-5-2-6-10-20)26(17-19-7-3-1-4-8-19)12-11-25-13-15-28-16-14-25/h1-3,5-6,9-10,18-19H,4,7-8,11-17H2/p+1/t19-/m1/s1. The number of rotatable bonds is 7. The summed E-state index contributed by atoms with van der Waals surface area (Å²) in [4.78, 5) is 21.3. The summed E-state index contributed by atoms with van der Waals surface area (Å²) in [6.07, 6.45) is 9.14. The van der Waals surface area contributed by atoms with E-state index in [2.05, 4.69) is 17.1 Å². The predicted molar refractivity (Wildman–Crippen MR) is 111 cm³/mol. The van der Waals surface area contributed by atoms with E-state index in [1.54, 1.807) is 0 Å². The van der Waals surface area contributed by atoms with Gasteiger partial charge in [-0.1, -0.05) is 42.5 Å². The highest BCUT2D eigenvalue weighted by atomic mass is 16.5. The van der Waals surface area contributed by atoms with Crippen molar-refractivity contribution in [2.24, 2.45) is 5.92 Å². The van der Waals surface area contributed by atoms with E-state index in [0.717, 1.165) is 70.8 Å². The third-order valence-corrected chi connectivity index (χ3v) is 5.88. The van der Waals surface area contributed by atoms with E-state index in [9.17, 15) is 4.79 Å². The van der Waals surface area contributed by atoms with Gasteiger partial charge in [0, 0.05) is 12.1 Å². The van der Waals surface area contributed by atoms with E-state index in [-0.39, 0.29) is 5.91 Å². The molecular formula is C23H30N3O3+. The molecule has 6 nitrogen and oxygen atoms in total. The van der Waals surface area contributed by atoms with E-state index in [4.69, 9.17) is 9.15 Å². The Bertz CT molecular complexity index is 812. The van der Waals surface area contributed by atoms with Crippen molar-refractivity contribution in [1.82, 2.24) is 9.88 Å². The summed E-state index contributed by atoms with van der Waals surface area (Å²) in [6, 6.07) is 9.74. The molecule has 0 radical (unpaired) electrons. The monoisotopic (exact) mass is 396 g/mol. The van der Waals surface area contributed by atoms with Gasteiger partial charge in [0.05, 0.1) is 26.3 Å². The molecule has 1 amide bonds. The Morgan fingerprint density at radius 3 is 2.76 bits per heavy atom. The molecular weight excluding hydrogens is 366 g/mol. The van der Waals surface area contributed by atoms with Crippen molar-refractivity contribution in [3.05, 3.63) is 54.6 Å². The third-order valence-electron chi connectivity index (χ3n) is 5.88. The van der Waals surface area contributed by atoms with Crippen LogP contribution in [0.25, 0.3) is 11.3 Å². The van der Waals surface area contributed by atoms with Crippen LogP contribution in [-0.4, -0.2) is 61.7 Å². The predicted octanol–water partition coefficient (Wildman–Crippen LogP) is 2.06. The maximum atomic E-state index is 13.5. The van der Waals surface area contributed by atoms with Gasteiger partial charge in [-0.15, -0.1) is 0 Å². The van der Waals surface area contributed by atoms with Crippen molar-refractivity contribution < 1.29 is 18.8 Å². The molecule has 29 heavy (non-hydrogen) atoms. The lowest BCUT2D eigenvalue weighted by Crippen LogP contribution is -3.14. The van der Waals surface area contributed by atoms with Crippen molar-refractivity contribution in [2.45, 2.75) is 19.3 Å². The number of benzene rings is 1. The fraction of sp³-hybridized carbons (Fsp3) is 0.478. The second-order valence-electron chi connectivity index (χ2n) is 7.91. The number of nitrogens with one attached hydrogen (secondary N) is 1. The summed E-state index contributed by atoms with van der Waals surface area (Å²) in [5.41, 5.74) is 1.30. The molecule has 1 aliphatic carbocycles. The van der Waals surface area contributed by atoms with Crippen LogP contribution in [0.2, 0.25) is 0 Å². The molecule has 0 saturated carbocycles. The summed E-state index contributed by atoms with van der Waals surface area (Å²) >= 11 is 0. The average molecular weight is 397 g/mol. The van der Waals surface area contributed by atoms with Crippen LogP contribution >= 0.6 is 0 Å². The summed E-state index contributed by atoms with van der Waals surface area (Å²) in [5, 5.41) is 0. The highest BCUT2D eigenvalue weighted by molar-refractivity contribution is 5.97. The van der Waals surface area contributed by atoms with Gasteiger partial charge in [0.15, 0.2) is 17.8 Å². The Kier molecular flexibility index (Phi) is 6.75. The first-order valence-corrected chi connectivity index (χ1v) is 10.7. The number of ether oxygens (including phenoxy) is 1. The van der Waals surface area contributed by atoms with Crippen LogP contribution in [0.4, 0.5) is 0 Å². The van der Waals surface area contributed by atoms with Crippen LogP contribution in [0.15, 0.2) is 53.3 Å². The van der Waals surface area contributed by atoms with Gasteiger partial charge in [0.2, 0.25) is 0 Å². The maximum Gasteiger partial charge on any atom is 0.276 e. The van der Waals surface area contributed by atoms with Gasteiger partial charge in [-0.2, -0.15) is 0 Å². The van der Waals surface area contributed by atoms with Gasteiger partial charge in [-0.05, 0) is 25.2 Å². The van der Waals surface area contributed by atoms with Gasteiger partial charge < -0.3 is 19.0 Å². The molecule has 1 saturated heterocycles. The average Bonchev–Trinajstić information content (AvgIpc) is 3.28. The normalized spacial score (nSPS) is 19.9. The molecule has 2 heterocycles. The van der Waals surface area contributed by atoms with E-state index >= 15 is 0 Å². The number of carbonyl (C=O) groups is 1. The van der Waals surface area contributed by atoms with Gasteiger partial charge >= 0.3 is 0 Å². The van der Waals surface area contributed by atoms with Gasteiger partial charge in [-0.3, -0.25) is 4.79 Å². The maximum absolute atomic E-state index is 13.5. The highest BCUT2D eigenvalue weighted by Gasteiger charge is 2.27. The Morgan fingerprint density at radius 2 is 2.00 bits per heavy atom. The summed E-state index contributed by atoms with van der Waals surface area (Å²) in [7, 11) is 0. The molecule has 4 rings (SSSR count). The van der Waals surface area contributed by atoms with E-state index in [1.807, 2.05) is 35.2 Å². The van der Waals surface area contributed by atoms with Crippen molar-refractivity contribution in [3.63, 3.8) is 0 Å². The SMILES string of the molecule is O=C(c1ncoc1-c1ccccc1)N(CC[NH+]1CCOCC1)C[C@@H]1CC=CCC1. The van der Waals surface area contributed by atoms with E-state index in [1.165, 1.54) is 11.3 Å².